The van der Waals surface area contributed by atoms with Crippen LogP contribution in [-0.2, 0) is 17.1 Å². The van der Waals surface area contributed by atoms with Gasteiger partial charge in [0.15, 0.2) is 0 Å². The Kier molecular flexibility index (Phi) is 8.76. The van der Waals surface area contributed by atoms with E-state index in [1.165, 1.54) is 0 Å². The molecule has 0 heterocycles. The second-order valence-corrected chi connectivity index (χ2v) is 1.22. The SMILES string of the molecule is CN(C)CO.[Mn]. The predicted octanol–water partition coefficient (Wildman–Crippen LogP) is -0.505. The van der Waals surface area contributed by atoms with E-state index in [4.69, 9.17) is 5.11 Å². The van der Waals surface area contributed by atoms with Crippen LogP contribution in [0.1, 0.15) is 0 Å². The van der Waals surface area contributed by atoms with Crippen molar-refractivity contribution in [1.29, 1.82) is 0 Å². The molecular weight excluding hydrogens is 121 g/mol. The van der Waals surface area contributed by atoms with Gasteiger partial charge >= 0.3 is 0 Å². The van der Waals surface area contributed by atoms with E-state index >= 15 is 0 Å². The fourth-order valence-electron chi connectivity index (χ4n) is 0. The van der Waals surface area contributed by atoms with Gasteiger partial charge in [-0.05, 0) is 14.1 Å². The number of nitrogens with zero attached hydrogens (tertiary/aromatic N) is 1. The average molecular weight is 130 g/mol. The van der Waals surface area contributed by atoms with Crippen LogP contribution in [0.2, 0.25) is 0 Å². The molecule has 0 fully saturated rings. The third-order valence-electron chi connectivity index (χ3n) is 0.283. The van der Waals surface area contributed by atoms with E-state index in [0.717, 1.165) is 0 Å². The van der Waals surface area contributed by atoms with Crippen molar-refractivity contribution in [2.45, 2.75) is 0 Å². The summed E-state index contributed by atoms with van der Waals surface area (Å²) in [6.07, 6.45) is 0. The number of rotatable bonds is 1. The van der Waals surface area contributed by atoms with E-state index < -0.39 is 0 Å². The Bertz CT molecular complexity index is 24.8. The molecule has 0 aliphatic rings. The van der Waals surface area contributed by atoms with Crippen molar-refractivity contribution in [3.63, 3.8) is 0 Å². The maximum atomic E-state index is 8.07. The Morgan fingerprint density at radius 1 is 1.50 bits per heavy atom. The maximum Gasteiger partial charge on any atom is 0.0951 e. The van der Waals surface area contributed by atoms with Crippen molar-refractivity contribution in [2.24, 2.45) is 0 Å². The molecule has 0 aromatic carbocycles. The Labute approximate surface area is 48.6 Å². The molecule has 1 radical (unpaired) electrons. The molecular formula is C3H9MnNO. The second-order valence-electron chi connectivity index (χ2n) is 1.22. The minimum absolute atomic E-state index is 0. The summed E-state index contributed by atoms with van der Waals surface area (Å²) in [7, 11) is 3.61. The largest absolute Gasteiger partial charge is 0.381 e. The van der Waals surface area contributed by atoms with Gasteiger partial charge in [-0.25, -0.2) is 0 Å². The second kappa shape index (κ2) is 5.44. The van der Waals surface area contributed by atoms with Gasteiger partial charge < -0.3 is 5.11 Å². The summed E-state index contributed by atoms with van der Waals surface area (Å²) in [5, 5.41) is 8.07. The maximum absolute atomic E-state index is 8.07. The third-order valence-corrected chi connectivity index (χ3v) is 0.283. The zero-order valence-electron chi connectivity index (χ0n) is 3.98. The monoisotopic (exact) mass is 130 g/mol. The van der Waals surface area contributed by atoms with Crippen LogP contribution >= 0.6 is 0 Å². The summed E-state index contributed by atoms with van der Waals surface area (Å²) < 4.78 is 0. The first-order valence-electron chi connectivity index (χ1n) is 1.53. The zero-order chi connectivity index (χ0) is 4.28. The molecule has 0 aromatic rings. The molecule has 0 unspecified atom stereocenters. The Balaban J connectivity index is 0. The minimum atomic E-state index is 0. The van der Waals surface area contributed by atoms with E-state index in [0.29, 0.717) is 0 Å². The third kappa shape index (κ3) is 8.83. The van der Waals surface area contributed by atoms with E-state index in [-0.39, 0.29) is 23.8 Å². The zero-order valence-corrected chi connectivity index (χ0v) is 5.16. The Morgan fingerprint density at radius 3 is 1.67 bits per heavy atom. The topological polar surface area (TPSA) is 23.5 Å². The predicted molar refractivity (Wildman–Crippen MR) is 20.8 cm³/mol. The molecule has 0 bridgehead atoms. The number of hydrogen-bond donors (Lipinski definition) is 1. The standard InChI is InChI=1S/C3H9NO.Mn/c1-4(2)3-5;/h5H,3H2,1-2H3;. The molecule has 1 N–H and O–H groups in total. The first-order valence-corrected chi connectivity index (χ1v) is 1.53. The Morgan fingerprint density at radius 2 is 1.67 bits per heavy atom. The molecule has 6 heavy (non-hydrogen) atoms. The van der Waals surface area contributed by atoms with Gasteiger partial charge in [0.25, 0.3) is 0 Å². The summed E-state index contributed by atoms with van der Waals surface area (Å²) in [6, 6.07) is 0. The van der Waals surface area contributed by atoms with Gasteiger partial charge in [0.2, 0.25) is 0 Å². The number of hydrogen-bond acceptors (Lipinski definition) is 2. The minimum Gasteiger partial charge on any atom is -0.381 e. The molecule has 0 aliphatic carbocycles. The van der Waals surface area contributed by atoms with Crippen molar-refractivity contribution < 1.29 is 22.2 Å². The van der Waals surface area contributed by atoms with Gasteiger partial charge in [-0.3, -0.25) is 4.90 Å². The fourth-order valence-corrected chi connectivity index (χ4v) is 0. The summed E-state index contributed by atoms with van der Waals surface area (Å²) in [5.74, 6) is 0. The first kappa shape index (κ1) is 9.67. The molecule has 0 amide bonds. The quantitative estimate of drug-likeness (QED) is 0.382. The van der Waals surface area contributed by atoms with Crippen molar-refractivity contribution >= 4 is 0 Å². The van der Waals surface area contributed by atoms with Gasteiger partial charge in [-0.15, -0.1) is 0 Å². The summed E-state index contributed by atoms with van der Waals surface area (Å²) in [5.41, 5.74) is 0. The van der Waals surface area contributed by atoms with E-state index in [1.54, 1.807) is 19.0 Å². The molecule has 0 atom stereocenters. The molecule has 0 rings (SSSR count). The van der Waals surface area contributed by atoms with Crippen LogP contribution < -0.4 is 0 Å². The summed E-state index contributed by atoms with van der Waals surface area (Å²) >= 11 is 0. The first-order chi connectivity index (χ1) is 2.27. The van der Waals surface area contributed by atoms with Gasteiger partial charge in [0, 0.05) is 17.1 Å². The Hall–Kier alpha value is 0.439. The van der Waals surface area contributed by atoms with Crippen molar-refractivity contribution in [2.75, 3.05) is 20.8 Å². The molecule has 3 heteroatoms. The number of aliphatic hydroxyl groups is 1. The molecule has 0 aromatic heterocycles. The van der Waals surface area contributed by atoms with Gasteiger partial charge in [-0.2, -0.15) is 0 Å². The molecule has 2 nitrogen and oxygen atoms in total. The van der Waals surface area contributed by atoms with E-state index in [9.17, 15) is 0 Å². The van der Waals surface area contributed by atoms with E-state index in [2.05, 4.69) is 0 Å². The molecule has 39 valence electrons. The van der Waals surface area contributed by atoms with Crippen molar-refractivity contribution in [3.05, 3.63) is 0 Å². The van der Waals surface area contributed by atoms with E-state index in [1.807, 2.05) is 0 Å². The smallest absolute Gasteiger partial charge is 0.0951 e. The van der Waals surface area contributed by atoms with Crippen LogP contribution in [0.5, 0.6) is 0 Å². The summed E-state index contributed by atoms with van der Waals surface area (Å²) in [4.78, 5) is 1.68. The summed E-state index contributed by atoms with van der Waals surface area (Å²) in [6.45, 7) is 0.139. The van der Waals surface area contributed by atoms with Gasteiger partial charge in [0.05, 0.1) is 6.73 Å². The van der Waals surface area contributed by atoms with Crippen LogP contribution in [0.3, 0.4) is 0 Å². The molecule has 0 aliphatic heterocycles. The van der Waals surface area contributed by atoms with Crippen LogP contribution in [0.15, 0.2) is 0 Å². The normalized spacial score (nSPS) is 8.00. The molecule has 0 saturated heterocycles. The average Bonchev–Trinajstić information content (AvgIpc) is 1.38. The number of aliphatic hydroxyl groups excluding tert-OH is 1. The van der Waals surface area contributed by atoms with Crippen molar-refractivity contribution in [1.82, 2.24) is 4.90 Å². The van der Waals surface area contributed by atoms with Gasteiger partial charge in [-0.1, -0.05) is 0 Å². The van der Waals surface area contributed by atoms with Crippen LogP contribution in [0.4, 0.5) is 0 Å². The molecule has 0 spiro atoms. The van der Waals surface area contributed by atoms with Crippen LogP contribution in [0, 0.1) is 0 Å². The fraction of sp³-hybridized carbons (Fsp3) is 1.00. The van der Waals surface area contributed by atoms with Crippen LogP contribution in [-0.4, -0.2) is 30.8 Å². The van der Waals surface area contributed by atoms with Crippen LogP contribution in [0.25, 0.3) is 0 Å². The van der Waals surface area contributed by atoms with Gasteiger partial charge in [0.1, 0.15) is 0 Å². The molecule has 0 saturated carbocycles. The van der Waals surface area contributed by atoms with Crippen molar-refractivity contribution in [3.8, 4) is 0 Å².